The van der Waals surface area contributed by atoms with E-state index in [-0.39, 0.29) is 24.4 Å². The Balaban J connectivity index is 1.84. The molecular weight excluding hydrogens is 748 g/mol. The fourth-order valence-corrected chi connectivity index (χ4v) is 6.58. The minimum Gasteiger partial charge on any atom is -0.462 e. The molecule has 2 rings (SSSR count). The molecule has 0 saturated carbocycles. The van der Waals surface area contributed by atoms with Gasteiger partial charge in [0.05, 0.1) is 13.2 Å². The van der Waals surface area contributed by atoms with Gasteiger partial charge < -0.3 is 19.3 Å². The quantitative estimate of drug-likeness (QED) is 0.0600. The Labute approximate surface area is 301 Å². The highest BCUT2D eigenvalue weighted by Crippen LogP contribution is 2.33. The number of halogens is 3. The molecule has 0 aliphatic heterocycles. The Morgan fingerprint density at radius 1 is 0.745 bits per heavy atom. The Hall–Kier alpha value is -3.31. The van der Waals surface area contributed by atoms with Crippen LogP contribution in [0.4, 0.5) is 11.4 Å². The first kappa shape index (κ1) is 39.9. The molecule has 0 aliphatic rings. The standard InChI is InChI=1S/C36H43Br2ClN4O4/c1-5-42(29-16-15-26(34(39)23-29)19-27(24-40)35(44)46-7-3)17-13-11-9-10-12-14-18-43(6-2)30-21-32(37)31(33(38)22-30)20-28(25-41)36(45)47-8-4/h15-16,19-23H,5-14,17-18H2,1-4H3/b27-19+,28-20+. The Bertz CT molecular complexity index is 1490. The average Bonchev–Trinajstić information content (AvgIpc) is 3.05. The molecule has 0 aliphatic carbocycles. The highest BCUT2D eigenvalue weighted by molar-refractivity contribution is 9.11. The summed E-state index contributed by atoms with van der Waals surface area (Å²) in [6.07, 6.45) is 9.77. The fraction of sp³-hybridized carbons (Fsp3) is 0.444. The second-order valence-corrected chi connectivity index (χ2v) is 12.7. The van der Waals surface area contributed by atoms with Crippen LogP contribution in [0.1, 0.15) is 77.3 Å². The summed E-state index contributed by atoms with van der Waals surface area (Å²) in [6, 6.07) is 13.5. The number of nitrogens with zero attached hydrogens (tertiary/aromatic N) is 4. The molecule has 0 atom stereocenters. The van der Waals surface area contributed by atoms with E-state index in [0.717, 1.165) is 72.2 Å². The van der Waals surface area contributed by atoms with E-state index < -0.39 is 11.9 Å². The first-order valence-electron chi connectivity index (χ1n) is 16.0. The maximum absolute atomic E-state index is 12.1. The Morgan fingerprint density at radius 2 is 1.21 bits per heavy atom. The fourth-order valence-electron chi connectivity index (χ4n) is 4.96. The summed E-state index contributed by atoms with van der Waals surface area (Å²) in [6.45, 7) is 11.6. The van der Waals surface area contributed by atoms with Crippen LogP contribution >= 0.6 is 43.5 Å². The topological polar surface area (TPSA) is 107 Å². The van der Waals surface area contributed by atoms with Gasteiger partial charge in [-0.1, -0.05) is 75.2 Å². The molecule has 0 radical (unpaired) electrons. The van der Waals surface area contributed by atoms with Gasteiger partial charge in [-0.05, 0) is 82.5 Å². The predicted molar refractivity (Wildman–Crippen MR) is 197 cm³/mol. The zero-order chi connectivity index (χ0) is 34.8. The number of rotatable bonds is 19. The largest absolute Gasteiger partial charge is 0.462 e. The van der Waals surface area contributed by atoms with Crippen LogP contribution in [0, 0.1) is 22.7 Å². The van der Waals surface area contributed by atoms with Crippen LogP contribution < -0.4 is 9.80 Å². The summed E-state index contributed by atoms with van der Waals surface area (Å²) in [5, 5.41) is 19.2. The van der Waals surface area contributed by atoms with Gasteiger partial charge in [-0.15, -0.1) is 0 Å². The Morgan fingerprint density at radius 3 is 1.66 bits per heavy atom. The van der Waals surface area contributed by atoms with Crippen molar-refractivity contribution < 1.29 is 19.1 Å². The van der Waals surface area contributed by atoms with Crippen molar-refractivity contribution in [3.8, 4) is 12.1 Å². The smallest absolute Gasteiger partial charge is 0.348 e. The van der Waals surface area contributed by atoms with E-state index in [4.69, 9.17) is 21.1 Å². The van der Waals surface area contributed by atoms with Crippen molar-refractivity contribution in [2.75, 3.05) is 49.2 Å². The number of carbonyl (C=O) groups excluding carboxylic acids is 2. The second-order valence-electron chi connectivity index (χ2n) is 10.6. The minimum atomic E-state index is -0.654. The van der Waals surface area contributed by atoms with E-state index >= 15 is 0 Å². The molecule has 0 unspecified atom stereocenters. The maximum atomic E-state index is 12.1. The van der Waals surface area contributed by atoms with Crippen molar-refractivity contribution in [2.45, 2.75) is 66.2 Å². The van der Waals surface area contributed by atoms with Gasteiger partial charge in [0, 0.05) is 57.1 Å². The number of benzene rings is 2. The molecule has 0 N–H and O–H groups in total. The SMILES string of the molecule is CCOC(=O)/C(C#N)=C/c1ccc(N(CC)CCCCCCCCN(CC)c2cc(Br)c(/C=C(\C#N)C(=O)OCC)c(Br)c2)cc1Cl. The van der Waals surface area contributed by atoms with Crippen molar-refractivity contribution in [1.29, 1.82) is 10.5 Å². The second kappa shape index (κ2) is 21.5. The number of ether oxygens (including phenoxy) is 2. The molecule has 2 aromatic carbocycles. The number of carbonyl (C=O) groups is 2. The van der Waals surface area contributed by atoms with Gasteiger partial charge in [0.2, 0.25) is 0 Å². The molecule has 0 heterocycles. The lowest BCUT2D eigenvalue weighted by atomic mass is 10.1. The number of nitriles is 2. The lowest BCUT2D eigenvalue weighted by molar-refractivity contribution is -0.138. The van der Waals surface area contributed by atoms with Gasteiger partial charge in [0.1, 0.15) is 23.3 Å². The number of hydrogen-bond acceptors (Lipinski definition) is 8. The summed E-state index contributed by atoms with van der Waals surface area (Å²) in [7, 11) is 0. The van der Waals surface area contributed by atoms with E-state index in [2.05, 4.69) is 55.5 Å². The zero-order valence-electron chi connectivity index (χ0n) is 27.6. The van der Waals surface area contributed by atoms with Crippen molar-refractivity contribution in [2.24, 2.45) is 0 Å². The summed E-state index contributed by atoms with van der Waals surface area (Å²) in [4.78, 5) is 28.6. The minimum absolute atomic E-state index is 0.0493. The molecule has 0 spiro atoms. The van der Waals surface area contributed by atoms with Crippen LogP contribution in [0.15, 0.2) is 50.4 Å². The number of anilines is 2. The molecule has 0 fully saturated rings. The van der Waals surface area contributed by atoms with Crippen LogP contribution in [-0.4, -0.2) is 51.3 Å². The summed E-state index contributed by atoms with van der Waals surface area (Å²) >= 11 is 13.7. The molecule has 252 valence electrons. The zero-order valence-corrected chi connectivity index (χ0v) is 31.5. The maximum Gasteiger partial charge on any atom is 0.348 e. The van der Waals surface area contributed by atoms with Gasteiger partial charge in [0.15, 0.2) is 0 Å². The van der Waals surface area contributed by atoms with Crippen LogP contribution in [0.25, 0.3) is 12.2 Å². The Kier molecular flexibility index (Phi) is 18.3. The van der Waals surface area contributed by atoms with E-state index in [1.807, 2.05) is 42.5 Å². The monoisotopic (exact) mass is 788 g/mol. The first-order chi connectivity index (χ1) is 22.6. The van der Waals surface area contributed by atoms with E-state index in [0.29, 0.717) is 16.1 Å². The van der Waals surface area contributed by atoms with Crippen LogP contribution in [-0.2, 0) is 19.1 Å². The van der Waals surface area contributed by atoms with Crippen molar-refractivity contribution in [1.82, 2.24) is 0 Å². The highest BCUT2D eigenvalue weighted by atomic mass is 79.9. The number of esters is 2. The molecule has 0 aromatic heterocycles. The van der Waals surface area contributed by atoms with Gasteiger partial charge in [-0.3, -0.25) is 0 Å². The van der Waals surface area contributed by atoms with Crippen molar-refractivity contribution in [3.05, 3.63) is 66.6 Å². The molecule has 0 amide bonds. The van der Waals surface area contributed by atoms with Gasteiger partial charge in [0.25, 0.3) is 0 Å². The average molecular weight is 791 g/mol. The van der Waals surface area contributed by atoms with E-state index in [1.165, 1.54) is 25.0 Å². The third-order valence-electron chi connectivity index (χ3n) is 7.47. The molecular formula is C36H43Br2ClN4O4. The van der Waals surface area contributed by atoms with Crippen LogP contribution in [0.3, 0.4) is 0 Å². The van der Waals surface area contributed by atoms with Crippen LogP contribution in [0.2, 0.25) is 5.02 Å². The first-order valence-corrected chi connectivity index (χ1v) is 18.0. The summed E-state index contributed by atoms with van der Waals surface area (Å²) in [5.41, 5.74) is 3.26. The molecule has 2 aromatic rings. The van der Waals surface area contributed by atoms with Gasteiger partial charge in [-0.25, -0.2) is 9.59 Å². The normalized spacial score (nSPS) is 11.4. The van der Waals surface area contributed by atoms with Crippen molar-refractivity contribution in [3.63, 3.8) is 0 Å². The third kappa shape index (κ3) is 12.7. The van der Waals surface area contributed by atoms with Gasteiger partial charge >= 0.3 is 11.9 Å². The van der Waals surface area contributed by atoms with E-state index in [1.54, 1.807) is 13.8 Å². The number of unbranched alkanes of at least 4 members (excludes halogenated alkanes) is 5. The molecule has 47 heavy (non-hydrogen) atoms. The molecule has 11 heteroatoms. The summed E-state index contributed by atoms with van der Waals surface area (Å²) in [5.74, 6) is -1.29. The highest BCUT2D eigenvalue weighted by Gasteiger charge is 2.16. The van der Waals surface area contributed by atoms with Gasteiger partial charge in [-0.2, -0.15) is 10.5 Å². The molecule has 8 nitrogen and oxygen atoms in total. The lowest BCUT2D eigenvalue weighted by Crippen LogP contribution is -2.24. The van der Waals surface area contributed by atoms with Crippen molar-refractivity contribution >= 4 is 78.9 Å². The molecule has 0 saturated heterocycles. The summed E-state index contributed by atoms with van der Waals surface area (Å²) < 4.78 is 11.5. The van der Waals surface area contributed by atoms with E-state index in [9.17, 15) is 20.1 Å². The lowest BCUT2D eigenvalue weighted by Gasteiger charge is -2.24. The molecule has 0 bridgehead atoms. The number of hydrogen-bond donors (Lipinski definition) is 0. The van der Waals surface area contributed by atoms with Crippen LogP contribution in [0.5, 0.6) is 0 Å². The third-order valence-corrected chi connectivity index (χ3v) is 9.11. The predicted octanol–water partition coefficient (Wildman–Crippen LogP) is 9.50.